The average molecular weight is 459 g/mol. The first-order chi connectivity index (χ1) is 13.4. The maximum Gasteiger partial charge on any atom is 0.200 e. The molecule has 30 heavy (non-hydrogen) atoms. The van der Waals surface area contributed by atoms with Gasteiger partial charge in [0.25, 0.3) is 0 Å². The van der Waals surface area contributed by atoms with Crippen LogP contribution in [0.1, 0.15) is 83.1 Å². The predicted octanol–water partition coefficient (Wildman–Crippen LogP) is 7.78. The van der Waals surface area contributed by atoms with Crippen molar-refractivity contribution in [2.45, 2.75) is 124 Å². The molecule has 0 saturated carbocycles. The van der Waals surface area contributed by atoms with Crippen molar-refractivity contribution in [3.05, 3.63) is 11.6 Å². The molecule has 0 aromatic carbocycles. The number of hydrogen-bond donors (Lipinski definition) is 1. The highest BCUT2D eigenvalue weighted by Crippen LogP contribution is 2.42. The summed E-state index contributed by atoms with van der Waals surface area (Å²) >= 11 is 0. The summed E-state index contributed by atoms with van der Waals surface area (Å²) in [4.78, 5) is 0. The van der Waals surface area contributed by atoms with Crippen LogP contribution in [0.3, 0.4) is 0 Å². The molecular formula is C25H54O3Si2. The second-order valence-corrected chi connectivity index (χ2v) is 22.3. The summed E-state index contributed by atoms with van der Waals surface area (Å²) in [5.41, 5.74) is 2.80. The van der Waals surface area contributed by atoms with Crippen molar-refractivity contribution in [2.24, 2.45) is 11.8 Å². The molecule has 180 valence electrons. The largest absolute Gasteiger partial charge is 0.416 e. The second kappa shape index (κ2) is 11.8. The number of aliphatic hydroxyl groups is 1. The van der Waals surface area contributed by atoms with Gasteiger partial charge in [0.2, 0.25) is 0 Å². The van der Waals surface area contributed by atoms with Crippen molar-refractivity contribution in [3.63, 3.8) is 0 Å². The Labute approximate surface area is 191 Å². The summed E-state index contributed by atoms with van der Waals surface area (Å²) in [6.45, 7) is 32.9. The van der Waals surface area contributed by atoms with Gasteiger partial charge in [0.05, 0.1) is 6.10 Å². The molecule has 0 aliphatic rings. The van der Waals surface area contributed by atoms with Crippen LogP contribution >= 0.6 is 0 Å². The van der Waals surface area contributed by atoms with Gasteiger partial charge in [-0.3, -0.25) is 0 Å². The Balaban J connectivity index is 5.05. The Bertz CT molecular complexity index is 511. The molecule has 0 radical (unpaired) electrons. The van der Waals surface area contributed by atoms with Crippen LogP contribution in [-0.4, -0.2) is 41.1 Å². The molecule has 3 nitrogen and oxygen atoms in total. The fourth-order valence-electron chi connectivity index (χ4n) is 4.47. The van der Waals surface area contributed by atoms with E-state index in [2.05, 4.69) is 95.3 Å². The maximum absolute atomic E-state index is 10.9. The molecule has 0 heterocycles. The molecule has 0 aliphatic carbocycles. The zero-order chi connectivity index (χ0) is 24.1. The fourth-order valence-corrected chi connectivity index (χ4v) is 11.1. The molecule has 0 fully saturated rings. The molecule has 0 aromatic rings. The van der Waals surface area contributed by atoms with E-state index >= 15 is 0 Å². The van der Waals surface area contributed by atoms with E-state index in [0.717, 1.165) is 12.2 Å². The van der Waals surface area contributed by atoms with Crippen molar-refractivity contribution in [3.8, 4) is 0 Å². The highest BCUT2D eigenvalue weighted by molar-refractivity contribution is 6.77. The monoisotopic (exact) mass is 458 g/mol. The van der Waals surface area contributed by atoms with E-state index in [1.807, 2.05) is 6.92 Å². The number of hydrogen-bond acceptors (Lipinski definition) is 3. The fraction of sp³-hybridized carbons (Fsp3) is 0.920. The lowest BCUT2D eigenvalue weighted by Crippen LogP contribution is -2.48. The van der Waals surface area contributed by atoms with Gasteiger partial charge in [-0.1, -0.05) is 82.2 Å². The van der Waals surface area contributed by atoms with Crippen molar-refractivity contribution < 1.29 is 14.0 Å². The van der Waals surface area contributed by atoms with Gasteiger partial charge in [0, 0.05) is 19.1 Å². The van der Waals surface area contributed by atoms with Crippen molar-refractivity contribution >= 4 is 16.6 Å². The number of rotatable bonds is 12. The van der Waals surface area contributed by atoms with E-state index in [4.69, 9.17) is 8.85 Å². The SMILES string of the molecule is C/C(=C\[C@H](C)CO[Si](C(C)C)(C(C)C)C(C)C)[C@@H](O)[C@H](C)CO[Si](C)(C)C(C)(C)C. The van der Waals surface area contributed by atoms with Crippen molar-refractivity contribution in [1.82, 2.24) is 0 Å². The zero-order valence-electron chi connectivity index (χ0n) is 22.7. The third-order valence-corrected chi connectivity index (χ3v) is 18.0. The van der Waals surface area contributed by atoms with E-state index in [1.165, 1.54) is 0 Å². The van der Waals surface area contributed by atoms with Crippen LogP contribution < -0.4 is 0 Å². The Morgan fingerprint density at radius 2 is 1.27 bits per heavy atom. The Kier molecular flexibility index (Phi) is 11.8. The van der Waals surface area contributed by atoms with Gasteiger partial charge in [0.15, 0.2) is 16.6 Å². The van der Waals surface area contributed by atoms with Crippen LogP contribution in [0.2, 0.25) is 34.8 Å². The minimum absolute atomic E-state index is 0.0824. The van der Waals surface area contributed by atoms with E-state index in [1.54, 1.807) is 0 Å². The lowest BCUT2D eigenvalue weighted by atomic mass is 9.96. The van der Waals surface area contributed by atoms with Crippen molar-refractivity contribution in [2.75, 3.05) is 13.2 Å². The first-order valence-corrected chi connectivity index (χ1v) is 17.1. The Morgan fingerprint density at radius 1 is 0.833 bits per heavy atom. The third kappa shape index (κ3) is 7.88. The normalized spacial score (nSPS) is 17.7. The molecule has 0 unspecified atom stereocenters. The van der Waals surface area contributed by atoms with Crippen LogP contribution in [-0.2, 0) is 8.85 Å². The minimum Gasteiger partial charge on any atom is -0.416 e. The van der Waals surface area contributed by atoms with Gasteiger partial charge < -0.3 is 14.0 Å². The van der Waals surface area contributed by atoms with Crippen LogP contribution in [0, 0.1) is 11.8 Å². The summed E-state index contributed by atoms with van der Waals surface area (Å²) < 4.78 is 13.1. The average Bonchev–Trinajstić information content (AvgIpc) is 2.57. The lowest BCUT2D eigenvalue weighted by molar-refractivity contribution is 0.105. The zero-order valence-corrected chi connectivity index (χ0v) is 24.7. The first kappa shape index (κ1) is 30.1. The number of aliphatic hydroxyl groups excluding tert-OH is 1. The van der Waals surface area contributed by atoms with Gasteiger partial charge in [-0.15, -0.1) is 0 Å². The van der Waals surface area contributed by atoms with Gasteiger partial charge in [-0.05, 0) is 53.2 Å². The molecule has 0 aliphatic heterocycles. The minimum atomic E-state index is -1.85. The molecule has 0 bridgehead atoms. The van der Waals surface area contributed by atoms with Gasteiger partial charge >= 0.3 is 0 Å². The summed E-state index contributed by atoms with van der Waals surface area (Å²) in [7, 11) is -3.64. The lowest BCUT2D eigenvalue weighted by Gasteiger charge is -2.42. The molecule has 3 atom stereocenters. The first-order valence-electron chi connectivity index (χ1n) is 12.0. The second-order valence-electron chi connectivity index (χ2n) is 12.0. The summed E-state index contributed by atoms with van der Waals surface area (Å²) in [5.74, 6) is 0.371. The molecule has 1 N–H and O–H groups in total. The summed E-state index contributed by atoms with van der Waals surface area (Å²) in [6.07, 6.45) is 1.73. The molecule has 0 amide bonds. The van der Waals surface area contributed by atoms with Gasteiger partial charge in [-0.2, -0.15) is 0 Å². The van der Waals surface area contributed by atoms with Gasteiger partial charge in [0.1, 0.15) is 0 Å². The van der Waals surface area contributed by atoms with Crippen LogP contribution in [0.15, 0.2) is 11.6 Å². The van der Waals surface area contributed by atoms with E-state index in [0.29, 0.717) is 23.2 Å². The quantitative estimate of drug-likeness (QED) is 0.240. The van der Waals surface area contributed by atoms with E-state index in [-0.39, 0.29) is 16.9 Å². The van der Waals surface area contributed by atoms with E-state index in [9.17, 15) is 5.11 Å². The highest BCUT2D eigenvalue weighted by Gasteiger charge is 2.45. The highest BCUT2D eigenvalue weighted by atomic mass is 28.4. The molecule has 0 rings (SSSR count). The topological polar surface area (TPSA) is 38.7 Å². The Morgan fingerprint density at radius 3 is 1.63 bits per heavy atom. The van der Waals surface area contributed by atoms with Crippen LogP contribution in [0.4, 0.5) is 0 Å². The van der Waals surface area contributed by atoms with Gasteiger partial charge in [-0.25, -0.2) is 0 Å². The molecule has 0 spiro atoms. The Hall–Kier alpha value is 0.0538. The van der Waals surface area contributed by atoms with Crippen LogP contribution in [0.25, 0.3) is 0 Å². The summed E-state index contributed by atoms with van der Waals surface area (Å²) in [6, 6.07) is 0. The van der Waals surface area contributed by atoms with Crippen LogP contribution in [0.5, 0.6) is 0 Å². The maximum atomic E-state index is 10.9. The predicted molar refractivity (Wildman–Crippen MR) is 138 cm³/mol. The van der Waals surface area contributed by atoms with Crippen molar-refractivity contribution in [1.29, 1.82) is 0 Å². The smallest absolute Gasteiger partial charge is 0.200 e. The molecule has 5 heteroatoms. The molecule has 0 saturated heterocycles. The standard InChI is InChI=1S/C25H54O3Si2/c1-18(2)30(19(3)4,20(5)6)28-16-21(7)15-22(8)24(26)23(9)17-27-29(13,14)25(10,11)12/h15,18-21,23-24,26H,16-17H2,1-14H3/b22-15+/t21-,23+,24+/m0/s1. The third-order valence-electron chi connectivity index (χ3n) is 7.37. The van der Waals surface area contributed by atoms with E-state index < -0.39 is 22.7 Å². The molecular weight excluding hydrogens is 404 g/mol. The molecule has 0 aromatic heterocycles. The summed E-state index contributed by atoms with van der Waals surface area (Å²) in [5, 5.41) is 11.1.